The summed E-state index contributed by atoms with van der Waals surface area (Å²) in [5.41, 5.74) is 5.76. The quantitative estimate of drug-likeness (QED) is 0.329. The highest BCUT2D eigenvalue weighted by Gasteiger charge is 2.12. The molecule has 0 atom stereocenters. The van der Waals surface area contributed by atoms with Gasteiger partial charge in [0.1, 0.15) is 5.52 Å². The number of anilines is 3. The number of aryl methyl sites for hydroxylation is 1. The van der Waals surface area contributed by atoms with Crippen LogP contribution in [0, 0.1) is 6.92 Å². The van der Waals surface area contributed by atoms with E-state index >= 15 is 0 Å². The van der Waals surface area contributed by atoms with Crippen LogP contribution in [0.5, 0.6) is 0 Å². The maximum atomic E-state index is 6.43. The van der Waals surface area contributed by atoms with Crippen LogP contribution in [-0.4, -0.2) is 20.9 Å². The molecule has 0 aliphatic heterocycles. The molecule has 0 unspecified atom stereocenters. The summed E-state index contributed by atoms with van der Waals surface area (Å²) in [7, 11) is 0. The molecule has 30 heavy (non-hydrogen) atoms. The molecule has 2 aromatic carbocycles. The molecule has 5 rings (SSSR count). The lowest BCUT2D eigenvalue weighted by atomic mass is 10.2. The van der Waals surface area contributed by atoms with Crippen LogP contribution in [0.15, 0.2) is 66.4 Å². The summed E-state index contributed by atoms with van der Waals surface area (Å²) in [6.07, 6.45) is 4.63. The molecule has 0 fully saturated rings. The van der Waals surface area contributed by atoms with Gasteiger partial charge in [0.05, 0.1) is 34.3 Å². The summed E-state index contributed by atoms with van der Waals surface area (Å²) in [4.78, 5) is 10.6. The zero-order valence-corrected chi connectivity index (χ0v) is 18.0. The Morgan fingerprint density at radius 1 is 1.10 bits per heavy atom. The Morgan fingerprint density at radius 2 is 2.03 bits per heavy atom. The molecular weight excluding hydrogens is 414 g/mol. The number of hydrogen-bond donors (Lipinski definition) is 2. The van der Waals surface area contributed by atoms with E-state index in [1.54, 1.807) is 11.3 Å². The fourth-order valence-corrected chi connectivity index (χ4v) is 4.53. The van der Waals surface area contributed by atoms with Gasteiger partial charge in [0.25, 0.3) is 0 Å². The van der Waals surface area contributed by atoms with E-state index < -0.39 is 0 Å². The summed E-state index contributed by atoms with van der Waals surface area (Å²) in [6.45, 7) is 2.90. The largest absolute Gasteiger partial charge is 0.385 e. The fraction of sp³-hybridized carbons (Fsp3) is 0.130. The van der Waals surface area contributed by atoms with Crippen LogP contribution in [0.2, 0.25) is 5.02 Å². The van der Waals surface area contributed by atoms with Gasteiger partial charge >= 0.3 is 0 Å². The lowest BCUT2D eigenvalue weighted by molar-refractivity contribution is 1.04. The molecule has 0 amide bonds. The van der Waals surface area contributed by atoms with Crippen molar-refractivity contribution in [1.29, 1.82) is 0 Å². The number of thiophene rings is 1. The standard InChI is InChI=1S/C23H20ClN5S/c1-15-4-2-6-18(24)22(15)28-23-21-13-25-14-29(21)20-8-7-16(12-19(20)27-23)26-10-9-17-5-3-11-30-17/h2-8,11-14,26H,9-10H2,1H3,(H,27,28). The van der Waals surface area contributed by atoms with Gasteiger partial charge in [-0.25, -0.2) is 9.97 Å². The highest BCUT2D eigenvalue weighted by Crippen LogP contribution is 2.31. The van der Waals surface area contributed by atoms with E-state index in [9.17, 15) is 0 Å². The average molecular weight is 434 g/mol. The van der Waals surface area contributed by atoms with E-state index in [-0.39, 0.29) is 0 Å². The molecule has 3 aromatic heterocycles. The summed E-state index contributed by atoms with van der Waals surface area (Å²) >= 11 is 8.21. The van der Waals surface area contributed by atoms with Gasteiger partial charge in [-0.3, -0.25) is 4.40 Å². The summed E-state index contributed by atoms with van der Waals surface area (Å²) in [6, 6.07) is 16.3. The normalized spacial score (nSPS) is 11.3. The molecule has 0 bridgehead atoms. The molecule has 5 nitrogen and oxygen atoms in total. The SMILES string of the molecule is Cc1cccc(Cl)c1Nc1nc2cc(NCCc3cccs3)ccc2n2cncc12. The van der Waals surface area contributed by atoms with Gasteiger partial charge in [0, 0.05) is 17.1 Å². The smallest absolute Gasteiger partial charge is 0.157 e. The molecule has 0 spiro atoms. The van der Waals surface area contributed by atoms with Crippen molar-refractivity contribution in [2.24, 2.45) is 0 Å². The molecule has 150 valence electrons. The molecule has 0 saturated carbocycles. The number of nitrogens with zero attached hydrogens (tertiary/aromatic N) is 3. The topological polar surface area (TPSA) is 54.2 Å². The van der Waals surface area contributed by atoms with Gasteiger partial charge in [0.15, 0.2) is 5.82 Å². The second-order valence-electron chi connectivity index (χ2n) is 7.13. The van der Waals surface area contributed by atoms with Crippen LogP contribution in [0.1, 0.15) is 10.4 Å². The van der Waals surface area contributed by atoms with E-state index in [1.807, 2.05) is 42.0 Å². The molecule has 0 aliphatic rings. The van der Waals surface area contributed by atoms with Crippen LogP contribution in [0.3, 0.4) is 0 Å². The first kappa shape index (κ1) is 18.9. The second kappa shape index (κ2) is 7.97. The number of hydrogen-bond acceptors (Lipinski definition) is 5. The minimum absolute atomic E-state index is 0.665. The first-order valence-corrected chi connectivity index (χ1v) is 11.0. The fourth-order valence-electron chi connectivity index (χ4n) is 3.55. The van der Waals surface area contributed by atoms with Gasteiger partial charge in [-0.1, -0.05) is 29.8 Å². The minimum atomic E-state index is 0.665. The predicted octanol–water partition coefficient (Wildman–Crippen LogP) is 6.30. The van der Waals surface area contributed by atoms with Crippen LogP contribution in [0.4, 0.5) is 17.2 Å². The maximum absolute atomic E-state index is 6.43. The zero-order chi connectivity index (χ0) is 20.5. The number of para-hydroxylation sites is 1. The van der Waals surface area contributed by atoms with Gasteiger partial charge in [0.2, 0.25) is 0 Å². The van der Waals surface area contributed by atoms with Crippen molar-refractivity contribution in [3.8, 4) is 0 Å². The van der Waals surface area contributed by atoms with Crippen molar-refractivity contribution in [3.05, 3.63) is 81.9 Å². The number of fused-ring (bicyclic) bond motifs is 3. The third-order valence-corrected chi connectivity index (χ3v) is 6.35. The highest BCUT2D eigenvalue weighted by atomic mass is 35.5. The Kier molecular flexibility index (Phi) is 5.02. The van der Waals surface area contributed by atoms with Crippen molar-refractivity contribution in [3.63, 3.8) is 0 Å². The van der Waals surface area contributed by atoms with Crippen LogP contribution in [-0.2, 0) is 6.42 Å². The van der Waals surface area contributed by atoms with Crippen molar-refractivity contribution < 1.29 is 0 Å². The number of nitrogens with one attached hydrogen (secondary N) is 2. The number of rotatable bonds is 6. The molecule has 5 aromatic rings. The van der Waals surface area contributed by atoms with Crippen LogP contribution < -0.4 is 10.6 Å². The number of imidazole rings is 1. The predicted molar refractivity (Wildman–Crippen MR) is 126 cm³/mol. The van der Waals surface area contributed by atoms with E-state index in [1.165, 1.54) is 4.88 Å². The highest BCUT2D eigenvalue weighted by molar-refractivity contribution is 7.09. The molecule has 7 heteroatoms. The summed E-state index contributed by atoms with van der Waals surface area (Å²) < 4.78 is 2.05. The Balaban J connectivity index is 1.49. The Bertz CT molecular complexity index is 1310. The monoisotopic (exact) mass is 433 g/mol. The lowest BCUT2D eigenvalue weighted by Crippen LogP contribution is -2.05. The first-order valence-electron chi connectivity index (χ1n) is 9.73. The van der Waals surface area contributed by atoms with E-state index in [0.717, 1.165) is 52.3 Å². The summed E-state index contributed by atoms with van der Waals surface area (Å²) in [5.74, 6) is 0.729. The molecule has 2 N–H and O–H groups in total. The molecular formula is C23H20ClN5S. The zero-order valence-electron chi connectivity index (χ0n) is 16.4. The Morgan fingerprint density at radius 3 is 2.87 bits per heavy atom. The van der Waals surface area contributed by atoms with Crippen molar-refractivity contribution in [2.45, 2.75) is 13.3 Å². The molecule has 3 heterocycles. The van der Waals surface area contributed by atoms with Gasteiger partial charge < -0.3 is 10.6 Å². The number of halogens is 1. The molecule has 0 aliphatic carbocycles. The van der Waals surface area contributed by atoms with Crippen molar-refractivity contribution in [1.82, 2.24) is 14.4 Å². The van der Waals surface area contributed by atoms with Crippen molar-refractivity contribution >= 4 is 56.7 Å². The average Bonchev–Trinajstić information content (AvgIpc) is 3.43. The number of benzene rings is 2. The van der Waals surface area contributed by atoms with Crippen LogP contribution >= 0.6 is 22.9 Å². The van der Waals surface area contributed by atoms with Gasteiger partial charge in [-0.15, -0.1) is 11.3 Å². The van der Waals surface area contributed by atoms with Gasteiger partial charge in [-0.2, -0.15) is 0 Å². The van der Waals surface area contributed by atoms with Crippen molar-refractivity contribution in [2.75, 3.05) is 17.2 Å². The second-order valence-corrected chi connectivity index (χ2v) is 8.57. The maximum Gasteiger partial charge on any atom is 0.157 e. The molecule has 0 saturated heterocycles. The van der Waals surface area contributed by atoms with E-state index in [0.29, 0.717) is 5.02 Å². The van der Waals surface area contributed by atoms with Gasteiger partial charge in [-0.05, 0) is 54.6 Å². The summed E-state index contributed by atoms with van der Waals surface area (Å²) in [5, 5.41) is 9.70. The molecule has 0 radical (unpaired) electrons. The lowest BCUT2D eigenvalue weighted by Gasteiger charge is -2.14. The minimum Gasteiger partial charge on any atom is -0.385 e. The third-order valence-electron chi connectivity index (χ3n) is 5.09. The third kappa shape index (κ3) is 3.60. The van der Waals surface area contributed by atoms with Crippen LogP contribution in [0.25, 0.3) is 16.6 Å². The van der Waals surface area contributed by atoms with E-state index in [4.69, 9.17) is 16.6 Å². The first-order chi connectivity index (χ1) is 14.7. The Hall–Kier alpha value is -3.09. The van der Waals surface area contributed by atoms with E-state index in [2.05, 4.69) is 51.3 Å². The Labute approximate surface area is 183 Å². The number of aromatic nitrogens is 3.